The highest BCUT2D eigenvalue weighted by molar-refractivity contribution is 5.93. The lowest BCUT2D eigenvalue weighted by Gasteiger charge is -2.68. The average molecular weight is 656 g/mol. The van der Waals surface area contributed by atoms with E-state index < -0.39 is 88.6 Å². The second-order valence-corrected chi connectivity index (χ2v) is 13.6. The Bertz CT molecular complexity index is 1270. The lowest BCUT2D eigenvalue weighted by atomic mass is 9.44. The zero-order valence-electron chi connectivity index (χ0n) is 28.6. The maximum Gasteiger partial charge on any atom is 0.407 e. The minimum absolute atomic E-state index is 0.0179. The quantitative estimate of drug-likeness (QED) is 0.208. The van der Waals surface area contributed by atoms with Crippen molar-refractivity contribution in [3.05, 3.63) is 11.1 Å². The Morgan fingerprint density at radius 3 is 2.17 bits per heavy atom. The van der Waals surface area contributed by atoms with Crippen molar-refractivity contribution in [2.24, 2.45) is 16.7 Å². The third kappa shape index (κ3) is 5.16. The van der Waals surface area contributed by atoms with E-state index in [1.165, 1.54) is 42.5 Å². The number of methoxy groups -OCH3 is 5. The molecule has 1 saturated heterocycles. The van der Waals surface area contributed by atoms with Gasteiger partial charge >= 0.3 is 18.0 Å². The number of fused-ring (bicyclic) bond motifs is 5. The lowest BCUT2D eigenvalue weighted by Crippen LogP contribution is -2.81. The molecule has 0 aromatic heterocycles. The van der Waals surface area contributed by atoms with E-state index in [-0.39, 0.29) is 25.2 Å². The minimum Gasteiger partial charge on any atom is -0.456 e. The second kappa shape index (κ2) is 12.8. The van der Waals surface area contributed by atoms with Crippen molar-refractivity contribution in [3.63, 3.8) is 0 Å². The van der Waals surface area contributed by atoms with Crippen molar-refractivity contribution < 1.29 is 62.2 Å². The Labute approximate surface area is 269 Å². The molecule has 4 rings (SSSR count). The van der Waals surface area contributed by atoms with E-state index in [9.17, 15) is 19.5 Å². The smallest absolute Gasteiger partial charge is 0.407 e. The summed E-state index contributed by atoms with van der Waals surface area (Å²) >= 11 is 0. The molecule has 1 amide bonds. The highest BCUT2D eigenvalue weighted by Crippen LogP contribution is 2.64. The molecule has 11 atom stereocenters. The van der Waals surface area contributed by atoms with Crippen LogP contribution in [0.3, 0.4) is 0 Å². The van der Waals surface area contributed by atoms with Gasteiger partial charge in [0.05, 0.1) is 37.4 Å². The van der Waals surface area contributed by atoms with Crippen LogP contribution >= 0.6 is 0 Å². The van der Waals surface area contributed by atoms with Crippen molar-refractivity contribution in [2.45, 2.75) is 108 Å². The number of hydrogen-bond acceptors (Lipinski definition) is 13. The summed E-state index contributed by atoms with van der Waals surface area (Å²) < 4.78 is 46.2. The first-order chi connectivity index (χ1) is 21.5. The van der Waals surface area contributed by atoms with Crippen molar-refractivity contribution in [1.82, 2.24) is 5.32 Å². The summed E-state index contributed by atoms with van der Waals surface area (Å²) in [6.45, 7) is 9.90. The zero-order chi connectivity index (χ0) is 34.6. The number of nitrogens with one attached hydrogen (secondary N) is 1. The molecule has 0 spiro atoms. The van der Waals surface area contributed by atoms with Gasteiger partial charge in [-0.15, -0.1) is 0 Å². The van der Waals surface area contributed by atoms with Crippen LogP contribution in [0.4, 0.5) is 4.79 Å². The van der Waals surface area contributed by atoms with Gasteiger partial charge in [0.25, 0.3) is 0 Å². The monoisotopic (exact) mass is 655 g/mol. The van der Waals surface area contributed by atoms with Gasteiger partial charge in [-0.25, -0.2) is 9.59 Å². The summed E-state index contributed by atoms with van der Waals surface area (Å²) in [5, 5.41) is 15.6. The van der Waals surface area contributed by atoms with E-state index in [0.29, 0.717) is 11.1 Å². The molecule has 2 bridgehead atoms. The molecule has 0 aromatic carbocycles. The van der Waals surface area contributed by atoms with Crippen LogP contribution in [0.2, 0.25) is 0 Å². The predicted octanol–water partition coefficient (Wildman–Crippen LogP) is 1.49. The van der Waals surface area contributed by atoms with E-state index >= 15 is 4.79 Å². The third-order valence-electron chi connectivity index (χ3n) is 11.1. The summed E-state index contributed by atoms with van der Waals surface area (Å²) in [4.78, 5) is 53.1. The highest BCUT2D eigenvalue weighted by Gasteiger charge is 2.77. The molecule has 0 radical (unpaired) electrons. The molecule has 14 nitrogen and oxygen atoms in total. The summed E-state index contributed by atoms with van der Waals surface area (Å²) in [6, 6.07) is -0.834. The molecule has 2 saturated carbocycles. The van der Waals surface area contributed by atoms with Crippen molar-refractivity contribution in [3.8, 4) is 0 Å². The summed E-state index contributed by atoms with van der Waals surface area (Å²) in [5.41, 5.74) is -4.77. The molecule has 10 unspecified atom stereocenters. The topological polar surface area (TPSA) is 174 Å². The SMILES string of the molecule is COC(=O)NC(C)C(OC)C(=O)OC1CC2(O)C(OC)C3C4(OC(C)=O)COC4CC(OC)[C@@]3(C)C(=O)C(OC)C(=C1C)C2(C)C. The third-order valence-corrected chi connectivity index (χ3v) is 11.1. The molecule has 2 N–H and O–H groups in total. The van der Waals surface area contributed by atoms with Gasteiger partial charge in [-0.3, -0.25) is 9.59 Å². The van der Waals surface area contributed by atoms with Crippen LogP contribution in [-0.4, -0.2) is 125 Å². The summed E-state index contributed by atoms with van der Waals surface area (Å²) in [7, 11) is 6.84. The number of alkyl carbamates (subject to hydrolysis) is 1. The lowest BCUT2D eigenvalue weighted by molar-refractivity contribution is -0.350. The van der Waals surface area contributed by atoms with Gasteiger partial charge in [-0.2, -0.15) is 0 Å². The van der Waals surface area contributed by atoms with E-state index in [2.05, 4.69) is 10.1 Å². The molecule has 1 aliphatic heterocycles. The van der Waals surface area contributed by atoms with Gasteiger partial charge in [-0.1, -0.05) is 13.8 Å². The van der Waals surface area contributed by atoms with Crippen LogP contribution < -0.4 is 5.32 Å². The first kappa shape index (κ1) is 36.2. The largest absolute Gasteiger partial charge is 0.456 e. The number of ether oxygens (including phenoxy) is 8. The van der Waals surface area contributed by atoms with Crippen LogP contribution in [0, 0.1) is 16.7 Å². The number of ketones is 1. The Hall–Kier alpha value is -2.62. The molecule has 4 aliphatic rings. The maximum absolute atomic E-state index is 15.0. The fourth-order valence-electron chi connectivity index (χ4n) is 8.72. The zero-order valence-corrected chi connectivity index (χ0v) is 28.6. The maximum atomic E-state index is 15.0. The minimum atomic E-state index is -1.83. The summed E-state index contributed by atoms with van der Waals surface area (Å²) in [6.07, 6.45) is -6.62. The molecule has 3 fully saturated rings. The van der Waals surface area contributed by atoms with Crippen LogP contribution in [-0.2, 0) is 52.3 Å². The second-order valence-electron chi connectivity index (χ2n) is 13.6. The van der Waals surface area contributed by atoms with Crippen LogP contribution in [0.5, 0.6) is 0 Å². The Kier molecular flexibility index (Phi) is 10.1. The van der Waals surface area contributed by atoms with E-state index in [4.69, 9.17) is 33.2 Å². The normalized spacial score (nSPS) is 39.3. The van der Waals surface area contributed by atoms with Crippen molar-refractivity contribution >= 4 is 23.8 Å². The Morgan fingerprint density at radius 1 is 1.04 bits per heavy atom. The number of rotatable bonds is 9. The summed E-state index contributed by atoms with van der Waals surface area (Å²) in [5.74, 6) is -2.70. The van der Waals surface area contributed by atoms with Gasteiger partial charge in [0, 0.05) is 59.5 Å². The number of Topliss-reactive ketones (excluding diaryl/α,β-unsaturated/α-hetero) is 1. The predicted molar refractivity (Wildman–Crippen MR) is 160 cm³/mol. The first-order valence-corrected chi connectivity index (χ1v) is 15.4. The first-order valence-electron chi connectivity index (χ1n) is 15.4. The molecule has 14 heteroatoms. The number of hydrogen-bond donors (Lipinski definition) is 2. The van der Waals surface area contributed by atoms with Crippen LogP contribution in [0.1, 0.15) is 54.4 Å². The Morgan fingerprint density at radius 2 is 1.70 bits per heavy atom. The van der Waals surface area contributed by atoms with Gasteiger partial charge < -0.3 is 48.3 Å². The van der Waals surface area contributed by atoms with Crippen molar-refractivity contribution in [1.29, 1.82) is 0 Å². The molecule has 3 aliphatic carbocycles. The van der Waals surface area contributed by atoms with E-state index in [0.717, 1.165) is 0 Å². The fourth-order valence-corrected chi connectivity index (χ4v) is 8.72. The number of esters is 2. The molecular formula is C32H49NO13. The van der Waals surface area contributed by atoms with Crippen LogP contribution in [0.25, 0.3) is 0 Å². The molecule has 46 heavy (non-hydrogen) atoms. The standard InChI is InChI=1S/C32H49NO13/c1-15-18(45-27(36)22(40-8)16(2)33-28(37)43-11)13-32(38)26(42-10)24-30(6,25(35)23(41-9)21(15)29(32,4)5)19(39-7)12-20-31(24,14-44-20)46-17(3)34/h16,18-20,22-24,26,38H,12-14H2,1-11H3,(H,33,37)/t16?,18?,19?,20?,22?,23?,24?,26?,30-,31?,32?/m1/s1. The Balaban J connectivity index is 1.92. The van der Waals surface area contributed by atoms with Gasteiger partial charge in [0.1, 0.15) is 23.9 Å². The molecule has 1 heterocycles. The molecular weight excluding hydrogens is 606 g/mol. The van der Waals surface area contributed by atoms with E-state index in [1.54, 1.807) is 34.6 Å². The van der Waals surface area contributed by atoms with E-state index in [1.807, 2.05) is 0 Å². The van der Waals surface area contributed by atoms with Crippen molar-refractivity contribution in [2.75, 3.05) is 42.2 Å². The fraction of sp³-hybridized carbons (Fsp3) is 0.812. The number of carbonyl (C=O) groups excluding carboxylic acids is 4. The van der Waals surface area contributed by atoms with Gasteiger partial charge in [0.2, 0.25) is 0 Å². The molecule has 0 aromatic rings. The van der Waals surface area contributed by atoms with Gasteiger partial charge in [0.15, 0.2) is 17.5 Å². The number of amides is 1. The highest BCUT2D eigenvalue weighted by atomic mass is 16.6. The average Bonchev–Trinajstić information content (AvgIpc) is 2.98. The van der Waals surface area contributed by atoms with Gasteiger partial charge in [-0.05, 0) is 31.9 Å². The number of aliphatic hydroxyl groups is 1. The van der Waals surface area contributed by atoms with Crippen LogP contribution in [0.15, 0.2) is 11.1 Å². The molecule has 260 valence electrons. The number of carbonyl (C=O) groups is 4.